The van der Waals surface area contributed by atoms with Crippen LogP contribution in [0.1, 0.15) is 50.7 Å². The van der Waals surface area contributed by atoms with E-state index in [2.05, 4.69) is 38.1 Å². The van der Waals surface area contributed by atoms with Crippen LogP contribution in [0.25, 0.3) is 0 Å². The predicted molar refractivity (Wildman–Crippen MR) is 80.0 cm³/mol. The first-order valence-corrected chi connectivity index (χ1v) is 7.49. The van der Waals surface area contributed by atoms with E-state index in [4.69, 9.17) is 10.5 Å². The van der Waals surface area contributed by atoms with E-state index in [1.54, 1.807) is 0 Å². The van der Waals surface area contributed by atoms with Gasteiger partial charge in [0.25, 0.3) is 0 Å². The van der Waals surface area contributed by atoms with Gasteiger partial charge in [0, 0.05) is 0 Å². The van der Waals surface area contributed by atoms with Crippen molar-refractivity contribution in [2.75, 3.05) is 6.54 Å². The molecule has 106 valence electrons. The van der Waals surface area contributed by atoms with Crippen LogP contribution < -0.4 is 5.73 Å². The highest BCUT2D eigenvalue weighted by molar-refractivity contribution is 5.26. The summed E-state index contributed by atoms with van der Waals surface area (Å²) in [6.45, 7) is 6.16. The van der Waals surface area contributed by atoms with Crippen molar-refractivity contribution in [3.63, 3.8) is 0 Å². The lowest BCUT2D eigenvalue weighted by atomic mass is 9.76. The summed E-state index contributed by atoms with van der Waals surface area (Å²) in [5, 5.41) is 0. The Morgan fingerprint density at radius 2 is 1.79 bits per heavy atom. The zero-order valence-corrected chi connectivity index (χ0v) is 12.3. The summed E-state index contributed by atoms with van der Waals surface area (Å²) < 4.78 is 6.11. The highest BCUT2D eigenvalue weighted by Crippen LogP contribution is 2.36. The lowest BCUT2D eigenvalue weighted by Crippen LogP contribution is -2.26. The lowest BCUT2D eigenvalue weighted by Gasteiger charge is -2.34. The van der Waals surface area contributed by atoms with E-state index in [0.717, 1.165) is 13.0 Å². The van der Waals surface area contributed by atoms with Gasteiger partial charge in [-0.05, 0) is 55.2 Å². The average molecular weight is 261 g/mol. The Morgan fingerprint density at radius 1 is 1.16 bits per heavy atom. The zero-order chi connectivity index (χ0) is 13.7. The van der Waals surface area contributed by atoms with Gasteiger partial charge in [-0.3, -0.25) is 0 Å². The monoisotopic (exact) mass is 261 g/mol. The van der Waals surface area contributed by atoms with Crippen molar-refractivity contribution in [2.45, 2.75) is 58.7 Å². The Bertz CT molecular complexity index is 390. The SMILES string of the molecule is CC1(C)CCC(OCc2ccccc2CCN)CC1. The Kier molecular flexibility index (Phi) is 5.00. The molecule has 0 saturated heterocycles. The van der Waals surface area contributed by atoms with Crippen molar-refractivity contribution in [3.05, 3.63) is 35.4 Å². The molecule has 2 nitrogen and oxygen atoms in total. The van der Waals surface area contributed by atoms with Gasteiger partial charge in [0.2, 0.25) is 0 Å². The Balaban J connectivity index is 1.86. The number of nitrogens with two attached hydrogens (primary N) is 1. The predicted octanol–water partition coefficient (Wildman–Crippen LogP) is 3.67. The van der Waals surface area contributed by atoms with Crippen LogP contribution in [0.2, 0.25) is 0 Å². The second-order valence-electron chi connectivity index (χ2n) is 6.48. The van der Waals surface area contributed by atoms with E-state index in [-0.39, 0.29) is 0 Å². The molecule has 0 unspecified atom stereocenters. The first-order chi connectivity index (χ1) is 9.11. The minimum Gasteiger partial charge on any atom is -0.374 e. The molecular formula is C17H27NO. The fourth-order valence-electron chi connectivity index (χ4n) is 2.84. The molecular weight excluding hydrogens is 234 g/mol. The highest BCUT2D eigenvalue weighted by Gasteiger charge is 2.27. The number of hydrogen-bond acceptors (Lipinski definition) is 2. The zero-order valence-electron chi connectivity index (χ0n) is 12.3. The van der Waals surface area contributed by atoms with Crippen LogP contribution in [-0.4, -0.2) is 12.6 Å². The van der Waals surface area contributed by atoms with Crippen LogP contribution in [0.15, 0.2) is 24.3 Å². The van der Waals surface area contributed by atoms with Crippen molar-refractivity contribution in [2.24, 2.45) is 11.1 Å². The topological polar surface area (TPSA) is 35.2 Å². The molecule has 1 aliphatic carbocycles. The van der Waals surface area contributed by atoms with E-state index in [0.29, 0.717) is 18.1 Å². The minimum atomic E-state index is 0.443. The number of ether oxygens (including phenoxy) is 1. The van der Waals surface area contributed by atoms with Gasteiger partial charge in [-0.15, -0.1) is 0 Å². The van der Waals surface area contributed by atoms with E-state index >= 15 is 0 Å². The third-order valence-electron chi connectivity index (χ3n) is 4.29. The average Bonchev–Trinajstić information content (AvgIpc) is 2.39. The molecule has 1 aromatic carbocycles. The standard InChI is InChI=1S/C17H27NO/c1-17(2)10-7-16(8-11-17)19-13-15-6-4-3-5-14(15)9-12-18/h3-6,16H,7-13,18H2,1-2H3. The van der Waals surface area contributed by atoms with Crippen molar-refractivity contribution in [1.82, 2.24) is 0 Å². The highest BCUT2D eigenvalue weighted by atomic mass is 16.5. The lowest BCUT2D eigenvalue weighted by molar-refractivity contribution is -0.00583. The molecule has 2 N–H and O–H groups in total. The van der Waals surface area contributed by atoms with E-state index in [9.17, 15) is 0 Å². The van der Waals surface area contributed by atoms with Crippen molar-refractivity contribution >= 4 is 0 Å². The van der Waals surface area contributed by atoms with E-state index in [1.165, 1.54) is 36.8 Å². The van der Waals surface area contributed by atoms with Crippen molar-refractivity contribution in [3.8, 4) is 0 Å². The molecule has 0 heterocycles. The van der Waals surface area contributed by atoms with Gasteiger partial charge in [-0.1, -0.05) is 38.1 Å². The van der Waals surface area contributed by atoms with Crippen LogP contribution in [0.5, 0.6) is 0 Å². The number of hydrogen-bond donors (Lipinski definition) is 1. The first kappa shape index (κ1) is 14.5. The second-order valence-corrected chi connectivity index (χ2v) is 6.48. The summed E-state index contributed by atoms with van der Waals surface area (Å²) in [6.07, 6.45) is 6.35. The number of rotatable bonds is 5. The normalized spacial score (nSPS) is 19.5. The van der Waals surface area contributed by atoms with Gasteiger partial charge in [0.1, 0.15) is 0 Å². The van der Waals surface area contributed by atoms with Gasteiger partial charge in [-0.25, -0.2) is 0 Å². The minimum absolute atomic E-state index is 0.443. The van der Waals surface area contributed by atoms with Crippen molar-refractivity contribution in [1.29, 1.82) is 0 Å². The largest absolute Gasteiger partial charge is 0.374 e. The summed E-state index contributed by atoms with van der Waals surface area (Å²) in [4.78, 5) is 0. The Labute approximate surface area is 117 Å². The molecule has 2 heteroatoms. The molecule has 0 bridgehead atoms. The summed E-state index contributed by atoms with van der Waals surface area (Å²) in [5.74, 6) is 0. The van der Waals surface area contributed by atoms with Crippen LogP contribution in [-0.2, 0) is 17.8 Å². The van der Waals surface area contributed by atoms with Crippen LogP contribution in [0.4, 0.5) is 0 Å². The van der Waals surface area contributed by atoms with Gasteiger partial charge in [0.05, 0.1) is 12.7 Å². The molecule has 0 aromatic heterocycles. The molecule has 1 aliphatic rings. The third-order valence-corrected chi connectivity index (χ3v) is 4.29. The number of benzene rings is 1. The molecule has 1 fully saturated rings. The molecule has 0 atom stereocenters. The molecule has 1 aromatic rings. The maximum absolute atomic E-state index is 6.11. The van der Waals surface area contributed by atoms with Crippen LogP contribution in [0, 0.1) is 5.41 Å². The van der Waals surface area contributed by atoms with Crippen molar-refractivity contribution < 1.29 is 4.74 Å². The fraction of sp³-hybridized carbons (Fsp3) is 0.647. The second kappa shape index (κ2) is 6.53. The van der Waals surface area contributed by atoms with Gasteiger partial charge < -0.3 is 10.5 Å². The molecule has 0 amide bonds. The van der Waals surface area contributed by atoms with Gasteiger partial charge >= 0.3 is 0 Å². The van der Waals surface area contributed by atoms with Gasteiger partial charge in [-0.2, -0.15) is 0 Å². The quantitative estimate of drug-likeness (QED) is 0.877. The maximum Gasteiger partial charge on any atom is 0.0723 e. The molecule has 0 aliphatic heterocycles. The van der Waals surface area contributed by atoms with Gasteiger partial charge in [0.15, 0.2) is 0 Å². The molecule has 0 spiro atoms. The first-order valence-electron chi connectivity index (χ1n) is 7.49. The fourth-order valence-corrected chi connectivity index (χ4v) is 2.84. The summed E-state index contributed by atoms with van der Waals surface area (Å²) in [6, 6.07) is 8.49. The van der Waals surface area contributed by atoms with E-state index in [1.807, 2.05) is 0 Å². The van der Waals surface area contributed by atoms with E-state index < -0.39 is 0 Å². The Morgan fingerprint density at radius 3 is 2.42 bits per heavy atom. The summed E-state index contributed by atoms with van der Waals surface area (Å²) >= 11 is 0. The summed E-state index contributed by atoms with van der Waals surface area (Å²) in [5.41, 5.74) is 8.81. The molecule has 19 heavy (non-hydrogen) atoms. The third kappa shape index (κ3) is 4.32. The Hall–Kier alpha value is -0.860. The molecule has 0 radical (unpaired) electrons. The smallest absolute Gasteiger partial charge is 0.0723 e. The van der Waals surface area contributed by atoms with Crippen LogP contribution >= 0.6 is 0 Å². The maximum atomic E-state index is 6.11. The molecule has 1 saturated carbocycles. The van der Waals surface area contributed by atoms with Crippen LogP contribution in [0.3, 0.4) is 0 Å². The molecule has 2 rings (SSSR count). The summed E-state index contributed by atoms with van der Waals surface area (Å²) in [7, 11) is 0.